The number of rotatable bonds is 5. The Labute approximate surface area is 132 Å². The highest BCUT2D eigenvalue weighted by atomic mass is 35.5. The second kappa shape index (κ2) is 7.09. The van der Waals surface area contributed by atoms with Crippen LogP contribution in [-0.2, 0) is 16.6 Å². The molecule has 3 N–H and O–H groups in total. The van der Waals surface area contributed by atoms with Crippen molar-refractivity contribution in [1.29, 1.82) is 0 Å². The lowest BCUT2D eigenvalue weighted by Crippen LogP contribution is -2.31. The summed E-state index contributed by atoms with van der Waals surface area (Å²) in [6.45, 7) is 3.05. The molecule has 1 aromatic carbocycles. The fourth-order valence-electron chi connectivity index (χ4n) is 2.94. The fraction of sp³-hybridized carbons (Fsp3) is 0.600. The van der Waals surface area contributed by atoms with Crippen molar-refractivity contribution >= 4 is 21.6 Å². The number of hydrogen-bond acceptors (Lipinski definition) is 3. The highest BCUT2D eigenvalue weighted by molar-refractivity contribution is 7.89. The van der Waals surface area contributed by atoms with Crippen LogP contribution in [-0.4, -0.2) is 15.0 Å². The van der Waals surface area contributed by atoms with E-state index in [1.165, 1.54) is 18.9 Å². The summed E-state index contributed by atoms with van der Waals surface area (Å²) in [4.78, 5) is 0.130. The van der Waals surface area contributed by atoms with Gasteiger partial charge in [-0.3, -0.25) is 0 Å². The zero-order chi connectivity index (χ0) is 15.5. The molecule has 2 rings (SSSR count). The standard InChI is InChI=1S/C15H23ClN2O2S/c1-11-3-2-4-13(7-11)10-18-21(19,20)15-6-5-12(9-17)8-14(15)16/h5-6,8,11,13,18H,2-4,7,9-10,17H2,1H3. The topological polar surface area (TPSA) is 72.2 Å². The summed E-state index contributed by atoms with van der Waals surface area (Å²) in [5, 5.41) is 0.225. The highest BCUT2D eigenvalue weighted by Crippen LogP contribution is 2.29. The van der Waals surface area contributed by atoms with Crippen molar-refractivity contribution in [2.45, 2.75) is 44.0 Å². The van der Waals surface area contributed by atoms with Crippen LogP contribution >= 0.6 is 11.6 Å². The van der Waals surface area contributed by atoms with Gasteiger partial charge in [-0.25, -0.2) is 13.1 Å². The first-order valence-electron chi connectivity index (χ1n) is 7.40. The van der Waals surface area contributed by atoms with Crippen LogP contribution in [0.5, 0.6) is 0 Å². The van der Waals surface area contributed by atoms with Gasteiger partial charge in [-0.2, -0.15) is 0 Å². The van der Waals surface area contributed by atoms with E-state index in [9.17, 15) is 8.42 Å². The molecule has 0 aromatic heterocycles. The van der Waals surface area contributed by atoms with Crippen LogP contribution in [0.3, 0.4) is 0 Å². The molecule has 0 bridgehead atoms. The summed E-state index contributed by atoms with van der Waals surface area (Å²) in [6, 6.07) is 4.83. The van der Waals surface area contributed by atoms with Crippen LogP contribution in [0.15, 0.2) is 23.1 Å². The fourth-order valence-corrected chi connectivity index (χ4v) is 4.62. The Morgan fingerprint density at radius 1 is 1.38 bits per heavy atom. The van der Waals surface area contributed by atoms with Gasteiger partial charge in [-0.05, 0) is 42.4 Å². The highest BCUT2D eigenvalue weighted by Gasteiger charge is 2.23. The van der Waals surface area contributed by atoms with Crippen LogP contribution in [0, 0.1) is 11.8 Å². The molecule has 0 heterocycles. The Morgan fingerprint density at radius 3 is 2.76 bits per heavy atom. The molecule has 1 aromatic rings. The Kier molecular flexibility index (Phi) is 5.66. The van der Waals surface area contributed by atoms with Crippen LogP contribution in [0.2, 0.25) is 5.02 Å². The molecule has 21 heavy (non-hydrogen) atoms. The zero-order valence-electron chi connectivity index (χ0n) is 12.3. The van der Waals surface area contributed by atoms with Crippen LogP contribution < -0.4 is 10.5 Å². The molecular formula is C15H23ClN2O2S. The minimum atomic E-state index is -3.56. The second-order valence-electron chi connectivity index (χ2n) is 5.96. The number of nitrogens with one attached hydrogen (secondary N) is 1. The summed E-state index contributed by atoms with van der Waals surface area (Å²) in [5.41, 5.74) is 6.34. The average Bonchev–Trinajstić information content (AvgIpc) is 2.45. The van der Waals surface area contributed by atoms with Gasteiger partial charge in [-0.15, -0.1) is 0 Å². The molecule has 0 spiro atoms. The first-order chi connectivity index (χ1) is 9.92. The van der Waals surface area contributed by atoms with E-state index in [1.54, 1.807) is 12.1 Å². The molecule has 2 unspecified atom stereocenters. The molecule has 0 amide bonds. The van der Waals surface area contributed by atoms with Crippen molar-refractivity contribution in [3.8, 4) is 0 Å². The van der Waals surface area contributed by atoms with E-state index >= 15 is 0 Å². The summed E-state index contributed by atoms with van der Waals surface area (Å²) >= 11 is 6.06. The van der Waals surface area contributed by atoms with E-state index in [0.717, 1.165) is 18.4 Å². The van der Waals surface area contributed by atoms with Crippen molar-refractivity contribution in [2.24, 2.45) is 17.6 Å². The van der Waals surface area contributed by atoms with Gasteiger partial charge >= 0.3 is 0 Å². The van der Waals surface area contributed by atoms with Crippen molar-refractivity contribution in [3.63, 3.8) is 0 Å². The molecule has 1 saturated carbocycles. The van der Waals surface area contributed by atoms with E-state index in [-0.39, 0.29) is 9.92 Å². The van der Waals surface area contributed by atoms with Crippen molar-refractivity contribution in [2.75, 3.05) is 6.54 Å². The van der Waals surface area contributed by atoms with Gasteiger partial charge in [0.2, 0.25) is 10.0 Å². The molecule has 0 saturated heterocycles. The van der Waals surface area contributed by atoms with E-state index in [2.05, 4.69) is 11.6 Å². The molecule has 2 atom stereocenters. The van der Waals surface area contributed by atoms with Crippen molar-refractivity contribution < 1.29 is 8.42 Å². The molecule has 0 aliphatic heterocycles. The smallest absolute Gasteiger partial charge is 0.242 e. The maximum absolute atomic E-state index is 12.4. The average molecular weight is 331 g/mol. The summed E-state index contributed by atoms with van der Waals surface area (Å²) in [5.74, 6) is 1.10. The first kappa shape index (κ1) is 16.7. The minimum absolute atomic E-state index is 0.130. The Bertz CT molecular complexity index is 589. The van der Waals surface area contributed by atoms with Gasteiger partial charge in [-0.1, -0.05) is 37.4 Å². The SMILES string of the molecule is CC1CCCC(CNS(=O)(=O)c2ccc(CN)cc2Cl)C1. The number of hydrogen-bond donors (Lipinski definition) is 2. The largest absolute Gasteiger partial charge is 0.326 e. The minimum Gasteiger partial charge on any atom is -0.326 e. The molecule has 4 nitrogen and oxygen atoms in total. The normalized spacial score (nSPS) is 23.2. The van der Waals surface area contributed by atoms with Crippen LogP contribution in [0.4, 0.5) is 0 Å². The van der Waals surface area contributed by atoms with Gasteiger partial charge in [0.1, 0.15) is 4.90 Å². The molecule has 118 valence electrons. The predicted octanol–water partition coefficient (Wildman–Crippen LogP) is 2.90. The number of benzene rings is 1. The van der Waals surface area contributed by atoms with E-state index in [1.807, 2.05) is 0 Å². The number of nitrogens with two attached hydrogens (primary N) is 1. The lowest BCUT2D eigenvalue weighted by atomic mass is 9.83. The van der Waals surface area contributed by atoms with Gasteiger partial charge in [0.15, 0.2) is 0 Å². The third-order valence-corrected chi connectivity index (χ3v) is 6.04. The van der Waals surface area contributed by atoms with E-state index < -0.39 is 10.0 Å². The quantitative estimate of drug-likeness (QED) is 0.872. The molecule has 0 radical (unpaired) electrons. The van der Waals surface area contributed by atoms with Crippen LogP contribution in [0.1, 0.15) is 38.2 Å². The first-order valence-corrected chi connectivity index (χ1v) is 9.26. The third kappa shape index (κ3) is 4.42. The van der Waals surface area contributed by atoms with E-state index in [0.29, 0.717) is 24.9 Å². The van der Waals surface area contributed by atoms with E-state index in [4.69, 9.17) is 17.3 Å². The van der Waals surface area contributed by atoms with Crippen molar-refractivity contribution in [3.05, 3.63) is 28.8 Å². The van der Waals surface area contributed by atoms with Crippen LogP contribution in [0.25, 0.3) is 0 Å². The lowest BCUT2D eigenvalue weighted by Gasteiger charge is -2.26. The third-order valence-electron chi connectivity index (χ3n) is 4.13. The lowest BCUT2D eigenvalue weighted by molar-refractivity contribution is 0.283. The number of sulfonamides is 1. The summed E-state index contributed by atoms with van der Waals surface area (Å²) in [7, 11) is -3.56. The van der Waals surface area contributed by atoms with Crippen molar-refractivity contribution in [1.82, 2.24) is 4.72 Å². The number of halogens is 1. The van der Waals surface area contributed by atoms with Gasteiger partial charge in [0.25, 0.3) is 0 Å². The Balaban J connectivity index is 2.04. The second-order valence-corrected chi connectivity index (χ2v) is 8.10. The van der Waals surface area contributed by atoms with Gasteiger partial charge in [0, 0.05) is 13.1 Å². The molecular weight excluding hydrogens is 308 g/mol. The molecule has 1 fully saturated rings. The Hall–Kier alpha value is -0.620. The van der Waals surface area contributed by atoms with Gasteiger partial charge < -0.3 is 5.73 Å². The monoisotopic (exact) mass is 330 g/mol. The van der Waals surface area contributed by atoms with Gasteiger partial charge in [0.05, 0.1) is 5.02 Å². The molecule has 1 aliphatic carbocycles. The maximum Gasteiger partial charge on any atom is 0.242 e. The maximum atomic E-state index is 12.4. The Morgan fingerprint density at radius 2 is 2.14 bits per heavy atom. The predicted molar refractivity (Wildman–Crippen MR) is 85.7 cm³/mol. The summed E-state index contributed by atoms with van der Waals surface area (Å²) < 4.78 is 27.4. The molecule has 1 aliphatic rings. The summed E-state index contributed by atoms with van der Waals surface area (Å²) in [6.07, 6.45) is 4.60. The molecule has 6 heteroatoms. The zero-order valence-corrected chi connectivity index (χ0v) is 13.9.